The zero-order chi connectivity index (χ0) is 20.3. The van der Waals surface area contributed by atoms with Gasteiger partial charge in [0.25, 0.3) is 0 Å². The van der Waals surface area contributed by atoms with Crippen LogP contribution in [0.3, 0.4) is 0 Å². The third-order valence-corrected chi connectivity index (χ3v) is 3.80. The third kappa shape index (κ3) is 4.17. The number of aromatic nitrogens is 2. The molecule has 1 amide bonds. The van der Waals surface area contributed by atoms with Gasteiger partial charge in [-0.1, -0.05) is 12.1 Å². The highest BCUT2D eigenvalue weighted by Crippen LogP contribution is 2.21. The van der Waals surface area contributed by atoms with E-state index < -0.39 is 6.09 Å². The summed E-state index contributed by atoms with van der Waals surface area (Å²) in [5.41, 5.74) is 1.72. The topological polar surface area (TPSA) is 106 Å². The van der Waals surface area contributed by atoms with Gasteiger partial charge in [0, 0.05) is 5.56 Å². The molecule has 8 nitrogen and oxygen atoms in total. The van der Waals surface area contributed by atoms with Crippen molar-refractivity contribution in [3.8, 4) is 5.75 Å². The number of rotatable bonds is 4. The summed E-state index contributed by atoms with van der Waals surface area (Å²) in [6.07, 6.45) is -0.974. The van der Waals surface area contributed by atoms with E-state index in [9.17, 15) is 9.59 Å². The van der Waals surface area contributed by atoms with E-state index >= 15 is 0 Å². The summed E-state index contributed by atoms with van der Waals surface area (Å²) in [7, 11) is 0. The molecular weight excluding hydrogens is 360 g/mol. The van der Waals surface area contributed by atoms with Gasteiger partial charge in [0.2, 0.25) is 5.95 Å². The van der Waals surface area contributed by atoms with Gasteiger partial charge in [-0.3, -0.25) is 15.5 Å². The number of anilines is 1. The molecule has 144 valence electrons. The molecule has 0 spiro atoms. The monoisotopic (exact) mass is 380 g/mol. The molecule has 0 aliphatic carbocycles. The lowest BCUT2D eigenvalue weighted by Crippen LogP contribution is -2.24. The summed E-state index contributed by atoms with van der Waals surface area (Å²) < 4.78 is 12.1. The lowest BCUT2D eigenvalue weighted by Gasteiger charge is -2.13. The second kappa shape index (κ2) is 7.91. The molecule has 2 N–H and O–H groups in total. The molecule has 8 heteroatoms. The van der Waals surface area contributed by atoms with Crippen LogP contribution in [0.25, 0.3) is 11.0 Å². The molecule has 3 rings (SSSR count). The van der Waals surface area contributed by atoms with Crippen LogP contribution >= 0.6 is 0 Å². The zero-order valence-corrected chi connectivity index (χ0v) is 15.7. The summed E-state index contributed by atoms with van der Waals surface area (Å²) >= 11 is 0. The van der Waals surface area contributed by atoms with Crippen molar-refractivity contribution in [1.29, 1.82) is 5.41 Å². The fourth-order valence-electron chi connectivity index (χ4n) is 2.57. The number of nitrogens with one attached hydrogen (secondary N) is 2. The number of benzene rings is 2. The molecule has 0 fully saturated rings. The maximum Gasteiger partial charge on any atom is 0.414 e. The molecule has 0 atom stereocenters. The zero-order valence-electron chi connectivity index (χ0n) is 15.7. The minimum Gasteiger partial charge on any atom is -0.447 e. The van der Waals surface area contributed by atoms with E-state index in [1.54, 1.807) is 62.4 Å². The number of Topliss-reactive ketones (excluding diaryl/α,β-unsaturated/α-hetero) is 1. The number of fused-ring (bicyclic) bond motifs is 1. The molecule has 0 bridgehead atoms. The number of carbonyl (C=O) groups is 2. The summed E-state index contributed by atoms with van der Waals surface area (Å²) in [6, 6.07) is 13.3. The molecule has 28 heavy (non-hydrogen) atoms. The van der Waals surface area contributed by atoms with Crippen molar-refractivity contribution in [2.24, 2.45) is 0 Å². The lowest BCUT2D eigenvalue weighted by molar-refractivity contribution is 0.101. The van der Waals surface area contributed by atoms with Gasteiger partial charge in [-0.25, -0.2) is 14.3 Å². The van der Waals surface area contributed by atoms with Crippen LogP contribution in [0.2, 0.25) is 0 Å². The predicted molar refractivity (Wildman–Crippen MR) is 105 cm³/mol. The molecule has 0 saturated carbocycles. The molecule has 0 unspecified atom stereocenters. The van der Waals surface area contributed by atoms with Gasteiger partial charge in [0.1, 0.15) is 5.75 Å². The van der Waals surface area contributed by atoms with Crippen molar-refractivity contribution < 1.29 is 19.1 Å². The van der Waals surface area contributed by atoms with Crippen LogP contribution in [0.1, 0.15) is 31.1 Å². The molecule has 2 aromatic carbocycles. The predicted octanol–water partition coefficient (Wildman–Crippen LogP) is 4.06. The molecule has 0 saturated heterocycles. The fraction of sp³-hybridized carbons (Fsp3) is 0.200. The SMILES string of the molecule is CC(=O)c1ccc(OC(=N)n2c(NC(=O)OC(C)C)nc3ccccc32)cc1. The number of imidazole rings is 1. The Bertz CT molecular complexity index is 1040. The Kier molecular flexibility index (Phi) is 5.39. The summed E-state index contributed by atoms with van der Waals surface area (Å²) in [5.74, 6) is 0.429. The quantitative estimate of drug-likeness (QED) is 0.403. The van der Waals surface area contributed by atoms with Crippen molar-refractivity contribution in [2.45, 2.75) is 26.9 Å². The van der Waals surface area contributed by atoms with Crippen LogP contribution in [0.5, 0.6) is 5.75 Å². The van der Waals surface area contributed by atoms with Gasteiger partial charge in [-0.2, -0.15) is 0 Å². The largest absolute Gasteiger partial charge is 0.447 e. The Morgan fingerprint density at radius 3 is 2.43 bits per heavy atom. The van der Waals surface area contributed by atoms with E-state index in [1.165, 1.54) is 11.5 Å². The minimum atomic E-state index is -0.676. The average Bonchev–Trinajstić information content (AvgIpc) is 2.99. The summed E-state index contributed by atoms with van der Waals surface area (Å²) in [4.78, 5) is 27.7. The van der Waals surface area contributed by atoms with Gasteiger partial charge in [0.05, 0.1) is 17.1 Å². The Morgan fingerprint density at radius 2 is 1.79 bits per heavy atom. The van der Waals surface area contributed by atoms with Crippen molar-refractivity contribution in [1.82, 2.24) is 9.55 Å². The first-order valence-corrected chi connectivity index (χ1v) is 8.68. The number of nitrogens with zero attached hydrogens (tertiary/aromatic N) is 2. The Balaban J connectivity index is 1.91. The Labute approximate surface area is 161 Å². The van der Waals surface area contributed by atoms with E-state index in [1.807, 2.05) is 0 Å². The molecule has 0 radical (unpaired) electrons. The highest BCUT2D eigenvalue weighted by molar-refractivity contribution is 5.96. The van der Waals surface area contributed by atoms with Gasteiger partial charge in [0.15, 0.2) is 5.78 Å². The highest BCUT2D eigenvalue weighted by Gasteiger charge is 2.19. The second-order valence-corrected chi connectivity index (χ2v) is 6.33. The van der Waals surface area contributed by atoms with Crippen molar-refractivity contribution >= 4 is 34.9 Å². The first kappa shape index (κ1) is 19.1. The minimum absolute atomic E-state index is 0.0580. The Hall–Kier alpha value is -3.68. The molecule has 3 aromatic rings. The number of hydrogen-bond donors (Lipinski definition) is 2. The van der Waals surface area contributed by atoms with Crippen molar-refractivity contribution in [2.75, 3.05) is 5.32 Å². The van der Waals surface area contributed by atoms with Crippen LogP contribution in [-0.4, -0.2) is 33.6 Å². The third-order valence-electron chi connectivity index (χ3n) is 3.80. The van der Waals surface area contributed by atoms with Crippen molar-refractivity contribution in [3.63, 3.8) is 0 Å². The first-order chi connectivity index (χ1) is 13.3. The average molecular weight is 380 g/mol. The molecule has 1 heterocycles. The van der Waals surface area contributed by atoms with Crippen molar-refractivity contribution in [3.05, 3.63) is 54.1 Å². The number of amides is 1. The van der Waals surface area contributed by atoms with E-state index in [2.05, 4.69) is 10.3 Å². The maximum absolute atomic E-state index is 12.0. The van der Waals surface area contributed by atoms with Crippen LogP contribution in [0.4, 0.5) is 10.7 Å². The normalized spacial score (nSPS) is 10.7. The highest BCUT2D eigenvalue weighted by atomic mass is 16.6. The van der Waals surface area contributed by atoms with E-state index in [0.717, 1.165) is 0 Å². The molecule has 1 aromatic heterocycles. The van der Waals surface area contributed by atoms with Gasteiger partial charge >= 0.3 is 12.1 Å². The number of para-hydroxylation sites is 2. The van der Waals surface area contributed by atoms with Gasteiger partial charge in [-0.05, 0) is 57.2 Å². The molecule has 0 aliphatic rings. The van der Waals surface area contributed by atoms with Crippen LogP contribution < -0.4 is 10.1 Å². The van der Waals surface area contributed by atoms with E-state index in [-0.39, 0.29) is 23.9 Å². The lowest BCUT2D eigenvalue weighted by atomic mass is 10.1. The standard InChI is InChI=1S/C20H20N4O4/c1-12(2)27-20(26)23-19-22-16-6-4-5-7-17(16)24(19)18(21)28-15-10-8-14(9-11-15)13(3)25/h4-12,21H,1-3H3,(H,22,23,26). The van der Waals surface area contributed by atoms with E-state index in [4.69, 9.17) is 14.9 Å². The number of hydrogen-bond acceptors (Lipinski definition) is 6. The number of carbonyl (C=O) groups excluding carboxylic acids is 2. The summed E-state index contributed by atoms with van der Waals surface area (Å²) in [5, 5.41) is 10.9. The van der Waals surface area contributed by atoms with Gasteiger partial charge in [-0.15, -0.1) is 0 Å². The smallest absolute Gasteiger partial charge is 0.414 e. The van der Waals surface area contributed by atoms with Crippen LogP contribution in [0.15, 0.2) is 48.5 Å². The fourth-order valence-corrected chi connectivity index (χ4v) is 2.57. The molecule has 0 aliphatic heterocycles. The summed E-state index contributed by atoms with van der Waals surface area (Å²) in [6.45, 7) is 4.94. The maximum atomic E-state index is 12.0. The molecular formula is C20H20N4O4. The van der Waals surface area contributed by atoms with Crippen LogP contribution in [0, 0.1) is 5.41 Å². The number of ketones is 1. The second-order valence-electron chi connectivity index (χ2n) is 6.33. The number of ether oxygens (including phenoxy) is 2. The van der Waals surface area contributed by atoms with Gasteiger partial charge < -0.3 is 9.47 Å². The van der Waals surface area contributed by atoms with Crippen LogP contribution in [-0.2, 0) is 4.74 Å². The Morgan fingerprint density at radius 1 is 1.11 bits per heavy atom. The van der Waals surface area contributed by atoms with E-state index in [0.29, 0.717) is 22.3 Å². The first-order valence-electron chi connectivity index (χ1n) is 8.68.